The van der Waals surface area contributed by atoms with Crippen LogP contribution in [0.1, 0.15) is 50.6 Å². The number of nitrogens with zero attached hydrogens (tertiary/aromatic N) is 1. The lowest BCUT2D eigenvalue weighted by molar-refractivity contribution is -0.138. The van der Waals surface area contributed by atoms with Crippen molar-refractivity contribution < 1.29 is 27.9 Å². The lowest BCUT2D eigenvalue weighted by Gasteiger charge is -2.33. The van der Waals surface area contributed by atoms with Crippen LogP contribution in [0.5, 0.6) is 0 Å². The monoisotopic (exact) mass is 377 g/mol. The summed E-state index contributed by atoms with van der Waals surface area (Å²) in [7, 11) is 0. The predicted octanol–water partition coefficient (Wildman–Crippen LogP) is 4.42. The van der Waals surface area contributed by atoms with Crippen molar-refractivity contribution in [2.75, 3.05) is 13.1 Å². The Kier molecular flexibility index (Phi) is 5.21. The molecule has 0 unspecified atom stereocenters. The van der Waals surface area contributed by atoms with Crippen LogP contribution in [-0.4, -0.2) is 35.0 Å². The van der Waals surface area contributed by atoms with Gasteiger partial charge in [-0.25, -0.2) is 4.79 Å². The van der Waals surface area contributed by atoms with Crippen LogP contribution in [0.2, 0.25) is 0 Å². The SMILES string of the molecule is O=C(O)c1cccc(C(=O)N2CCC(c3ccccc3C(F)(F)F)CC2)c1. The molecule has 2 aromatic rings. The highest BCUT2D eigenvalue weighted by atomic mass is 19.4. The highest BCUT2D eigenvalue weighted by Crippen LogP contribution is 2.38. The Balaban J connectivity index is 1.72. The fourth-order valence-electron chi connectivity index (χ4n) is 3.47. The molecule has 1 amide bonds. The summed E-state index contributed by atoms with van der Waals surface area (Å²) in [6.07, 6.45) is -3.55. The summed E-state index contributed by atoms with van der Waals surface area (Å²) >= 11 is 0. The molecule has 27 heavy (non-hydrogen) atoms. The van der Waals surface area contributed by atoms with Crippen LogP contribution < -0.4 is 0 Å². The average Bonchev–Trinajstić information content (AvgIpc) is 2.67. The largest absolute Gasteiger partial charge is 0.478 e. The van der Waals surface area contributed by atoms with Crippen molar-refractivity contribution in [3.8, 4) is 0 Å². The van der Waals surface area contributed by atoms with Crippen molar-refractivity contribution in [3.63, 3.8) is 0 Å². The maximum absolute atomic E-state index is 13.2. The summed E-state index contributed by atoms with van der Waals surface area (Å²) in [4.78, 5) is 25.2. The number of piperidine rings is 1. The van der Waals surface area contributed by atoms with Crippen LogP contribution in [0.3, 0.4) is 0 Å². The van der Waals surface area contributed by atoms with E-state index in [0.717, 1.165) is 6.07 Å². The van der Waals surface area contributed by atoms with E-state index in [1.807, 2.05) is 0 Å². The minimum atomic E-state index is -4.40. The zero-order valence-electron chi connectivity index (χ0n) is 14.4. The Morgan fingerprint density at radius 1 is 0.963 bits per heavy atom. The maximum atomic E-state index is 13.2. The Morgan fingerprint density at radius 3 is 2.22 bits per heavy atom. The molecule has 0 spiro atoms. The molecular weight excluding hydrogens is 359 g/mol. The van der Waals surface area contributed by atoms with E-state index in [1.54, 1.807) is 17.0 Å². The van der Waals surface area contributed by atoms with Gasteiger partial charge in [-0.3, -0.25) is 4.79 Å². The van der Waals surface area contributed by atoms with Gasteiger partial charge in [-0.1, -0.05) is 24.3 Å². The number of aromatic carboxylic acids is 1. The molecule has 3 rings (SSSR count). The first-order valence-electron chi connectivity index (χ1n) is 8.56. The maximum Gasteiger partial charge on any atom is 0.416 e. The Bertz CT molecular complexity index is 856. The van der Waals surface area contributed by atoms with Crippen LogP contribution in [-0.2, 0) is 6.18 Å². The van der Waals surface area contributed by atoms with E-state index in [9.17, 15) is 22.8 Å². The Hall–Kier alpha value is -2.83. The number of likely N-dealkylation sites (tertiary alicyclic amines) is 1. The van der Waals surface area contributed by atoms with E-state index < -0.39 is 17.7 Å². The van der Waals surface area contributed by atoms with Gasteiger partial charge in [0, 0.05) is 18.7 Å². The number of carboxylic acid groups (broad SMARTS) is 1. The number of amides is 1. The van der Waals surface area contributed by atoms with Crippen LogP contribution >= 0.6 is 0 Å². The molecule has 1 fully saturated rings. The van der Waals surface area contributed by atoms with E-state index in [2.05, 4.69) is 0 Å². The first-order chi connectivity index (χ1) is 12.8. The second-order valence-corrected chi connectivity index (χ2v) is 6.54. The zero-order chi connectivity index (χ0) is 19.6. The first-order valence-corrected chi connectivity index (χ1v) is 8.56. The Morgan fingerprint density at radius 2 is 1.59 bits per heavy atom. The van der Waals surface area contributed by atoms with E-state index in [0.29, 0.717) is 25.9 Å². The van der Waals surface area contributed by atoms with Crippen molar-refractivity contribution in [1.82, 2.24) is 4.90 Å². The second kappa shape index (κ2) is 7.42. The van der Waals surface area contributed by atoms with Crippen molar-refractivity contribution in [2.24, 2.45) is 0 Å². The second-order valence-electron chi connectivity index (χ2n) is 6.54. The van der Waals surface area contributed by atoms with Gasteiger partial charge in [0.2, 0.25) is 0 Å². The number of hydrogen-bond donors (Lipinski definition) is 1. The van der Waals surface area contributed by atoms with Gasteiger partial charge in [-0.05, 0) is 48.6 Å². The summed E-state index contributed by atoms with van der Waals surface area (Å²) in [6.45, 7) is 0.653. The molecule has 0 saturated carbocycles. The lowest BCUT2D eigenvalue weighted by Crippen LogP contribution is -2.38. The fraction of sp³-hybridized carbons (Fsp3) is 0.300. The summed E-state index contributed by atoms with van der Waals surface area (Å²) in [5.74, 6) is -1.69. The number of carboxylic acids is 1. The molecule has 7 heteroatoms. The molecule has 1 heterocycles. The summed E-state index contributed by atoms with van der Waals surface area (Å²) in [5, 5.41) is 9.04. The van der Waals surface area contributed by atoms with E-state index >= 15 is 0 Å². The molecular formula is C20H18F3NO3. The van der Waals surface area contributed by atoms with Crippen molar-refractivity contribution in [2.45, 2.75) is 24.9 Å². The molecule has 0 bridgehead atoms. The molecule has 1 aliphatic heterocycles. The smallest absolute Gasteiger partial charge is 0.416 e. The normalized spacial score (nSPS) is 15.6. The molecule has 0 aromatic heterocycles. The third-order valence-corrected chi connectivity index (χ3v) is 4.84. The van der Waals surface area contributed by atoms with Gasteiger partial charge < -0.3 is 10.0 Å². The molecule has 1 aliphatic rings. The molecule has 1 N–H and O–H groups in total. The van der Waals surface area contributed by atoms with E-state index in [-0.39, 0.29) is 28.5 Å². The molecule has 0 atom stereocenters. The standard InChI is InChI=1S/C20H18F3NO3/c21-20(22,23)17-7-2-1-6-16(17)13-8-10-24(11-9-13)18(25)14-4-3-5-15(12-14)19(26)27/h1-7,12-13H,8-11H2,(H,26,27). The molecule has 2 aromatic carbocycles. The number of alkyl halides is 3. The van der Waals surface area contributed by atoms with Crippen LogP contribution in [0, 0.1) is 0 Å². The summed E-state index contributed by atoms with van der Waals surface area (Å²) in [6, 6.07) is 11.3. The number of hydrogen-bond acceptors (Lipinski definition) is 2. The molecule has 0 aliphatic carbocycles. The number of benzene rings is 2. The summed E-state index contributed by atoms with van der Waals surface area (Å²) in [5.41, 5.74) is -0.0622. The van der Waals surface area contributed by atoms with Gasteiger partial charge >= 0.3 is 12.1 Å². The highest BCUT2D eigenvalue weighted by Gasteiger charge is 2.36. The minimum absolute atomic E-state index is 0.0230. The van der Waals surface area contributed by atoms with Crippen molar-refractivity contribution in [3.05, 3.63) is 70.8 Å². The number of carbonyl (C=O) groups excluding carboxylic acids is 1. The summed E-state index contributed by atoms with van der Waals surface area (Å²) < 4.78 is 39.7. The van der Waals surface area contributed by atoms with Gasteiger partial charge in [0.1, 0.15) is 0 Å². The van der Waals surface area contributed by atoms with E-state index in [4.69, 9.17) is 5.11 Å². The molecule has 1 saturated heterocycles. The van der Waals surface area contributed by atoms with Crippen LogP contribution in [0.15, 0.2) is 48.5 Å². The third kappa shape index (κ3) is 4.13. The van der Waals surface area contributed by atoms with Crippen molar-refractivity contribution in [1.29, 1.82) is 0 Å². The molecule has 142 valence electrons. The fourth-order valence-corrected chi connectivity index (χ4v) is 3.47. The van der Waals surface area contributed by atoms with Gasteiger partial charge in [0.05, 0.1) is 11.1 Å². The highest BCUT2D eigenvalue weighted by molar-refractivity contribution is 5.97. The number of rotatable bonds is 3. The number of carbonyl (C=O) groups is 2. The lowest BCUT2D eigenvalue weighted by atomic mass is 9.86. The van der Waals surface area contributed by atoms with Crippen molar-refractivity contribution >= 4 is 11.9 Å². The third-order valence-electron chi connectivity index (χ3n) is 4.84. The van der Waals surface area contributed by atoms with Gasteiger partial charge in [-0.2, -0.15) is 13.2 Å². The van der Waals surface area contributed by atoms with Gasteiger partial charge in [0.25, 0.3) is 5.91 Å². The molecule has 0 radical (unpaired) electrons. The van der Waals surface area contributed by atoms with Gasteiger partial charge in [0.15, 0.2) is 0 Å². The predicted molar refractivity (Wildman–Crippen MR) is 92.7 cm³/mol. The van der Waals surface area contributed by atoms with E-state index in [1.165, 1.54) is 30.3 Å². The topological polar surface area (TPSA) is 57.6 Å². The van der Waals surface area contributed by atoms with Crippen LogP contribution in [0.4, 0.5) is 13.2 Å². The quantitative estimate of drug-likeness (QED) is 0.861. The Labute approximate surface area is 154 Å². The number of halogens is 3. The van der Waals surface area contributed by atoms with Crippen LogP contribution in [0.25, 0.3) is 0 Å². The minimum Gasteiger partial charge on any atom is -0.478 e. The average molecular weight is 377 g/mol. The van der Waals surface area contributed by atoms with Gasteiger partial charge in [-0.15, -0.1) is 0 Å². The first kappa shape index (κ1) is 18.9. The molecule has 4 nitrogen and oxygen atoms in total. The zero-order valence-corrected chi connectivity index (χ0v) is 14.4.